The number of hydrogen-bond donors (Lipinski definition) is 0. The Morgan fingerprint density at radius 2 is 1.95 bits per heavy atom. The standard InChI is InChI=1S/C16H17NO4/c1-9-7-11(3)13-12(8-9)14(18)15(19)17(13)6-5-10(2)16(20)21-4/h5,7-8H,6H2,1-4H3. The number of methoxy groups -OCH3 is 1. The van der Waals surface area contributed by atoms with Crippen LogP contribution in [-0.4, -0.2) is 31.3 Å². The lowest BCUT2D eigenvalue weighted by molar-refractivity contribution is -0.136. The first-order chi connectivity index (χ1) is 9.86. The summed E-state index contributed by atoms with van der Waals surface area (Å²) in [6.07, 6.45) is 1.59. The van der Waals surface area contributed by atoms with Gasteiger partial charge in [-0.15, -0.1) is 0 Å². The maximum atomic E-state index is 12.1. The molecule has 1 aliphatic heterocycles. The van der Waals surface area contributed by atoms with Crippen LogP contribution in [0.1, 0.15) is 28.4 Å². The number of amides is 1. The minimum absolute atomic E-state index is 0.169. The predicted octanol–water partition coefficient (Wildman–Crippen LogP) is 1.95. The van der Waals surface area contributed by atoms with E-state index in [4.69, 9.17) is 0 Å². The monoisotopic (exact) mass is 287 g/mol. The van der Waals surface area contributed by atoms with Crippen molar-refractivity contribution in [3.63, 3.8) is 0 Å². The van der Waals surface area contributed by atoms with Gasteiger partial charge in [0.05, 0.1) is 18.4 Å². The van der Waals surface area contributed by atoms with Crippen molar-refractivity contribution in [2.75, 3.05) is 18.6 Å². The molecule has 5 heteroatoms. The van der Waals surface area contributed by atoms with Crippen molar-refractivity contribution >= 4 is 23.3 Å². The Bertz CT molecular complexity index is 673. The molecule has 21 heavy (non-hydrogen) atoms. The number of rotatable bonds is 3. The van der Waals surface area contributed by atoms with E-state index >= 15 is 0 Å². The molecule has 0 fully saturated rings. The maximum Gasteiger partial charge on any atom is 0.333 e. The summed E-state index contributed by atoms with van der Waals surface area (Å²) in [5.74, 6) is -1.51. The summed E-state index contributed by atoms with van der Waals surface area (Å²) in [6.45, 7) is 5.52. The highest BCUT2D eigenvalue weighted by molar-refractivity contribution is 6.52. The van der Waals surface area contributed by atoms with Crippen LogP contribution in [0.15, 0.2) is 23.8 Å². The SMILES string of the molecule is COC(=O)C(C)=CCN1C(=O)C(=O)c2cc(C)cc(C)c21. The van der Waals surface area contributed by atoms with Gasteiger partial charge >= 0.3 is 5.97 Å². The molecule has 5 nitrogen and oxygen atoms in total. The van der Waals surface area contributed by atoms with Crippen LogP contribution in [0.25, 0.3) is 0 Å². The van der Waals surface area contributed by atoms with Gasteiger partial charge < -0.3 is 9.64 Å². The molecule has 1 aromatic carbocycles. The van der Waals surface area contributed by atoms with Crippen molar-refractivity contribution in [2.24, 2.45) is 0 Å². The topological polar surface area (TPSA) is 63.7 Å². The molecule has 0 radical (unpaired) electrons. The first kappa shape index (κ1) is 15.0. The molecule has 0 N–H and O–H groups in total. The van der Waals surface area contributed by atoms with E-state index in [1.807, 2.05) is 19.9 Å². The molecule has 1 aromatic rings. The van der Waals surface area contributed by atoms with Crippen molar-refractivity contribution in [2.45, 2.75) is 20.8 Å². The van der Waals surface area contributed by atoms with Gasteiger partial charge in [0.2, 0.25) is 0 Å². The number of anilines is 1. The molecular weight excluding hydrogens is 270 g/mol. The van der Waals surface area contributed by atoms with E-state index in [1.165, 1.54) is 12.0 Å². The van der Waals surface area contributed by atoms with E-state index in [0.29, 0.717) is 16.8 Å². The van der Waals surface area contributed by atoms with E-state index in [2.05, 4.69) is 4.74 Å². The second-order valence-electron chi connectivity index (χ2n) is 5.10. The zero-order valence-corrected chi connectivity index (χ0v) is 12.5. The number of carbonyl (C=O) groups is 3. The number of hydrogen-bond acceptors (Lipinski definition) is 4. The maximum absolute atomic E-state index is 12.1. The van der Waals surface area contributed by atoms with Crippen molar-refractivity contribution in [1.29, 1.82) is 0 Å². The van der Waals surface area contributed by atoms with Gasteiger partial charge in [-0.05, 0) is 38.0 Å². The molecule has 1 heterocycles. The van der Waals surface area contributed by atoms with E-state index in [-0.39, 0.29) is 6.54 Å². The quantitative estimate of drug-likeness (QED) is 0.484. The first-order valence-corrected chi connectivity index (χ1v) is 6.59. The highest BCUT2D eigenvalue weighted by atomic mass is 16.5. The number of ketones is 1. The van der Waals surface area contributed by atoms with E-state index in [0.717, 1.165) is 11.1 Å². The smallest absolute Gasteiger partial charge is 0.333 e. The lowest BCUT2D eigenvalue weighted by atomic mass is 10.0. The fourth-order valence-corrected chi connectivity index (χ4v) is 2.48. The average Bonchev–Trinajstić information content (AvgIpc) is 2.68. The molecule has 0 atom stereocenters. The zero-order chi connectivity index (χ0) is 15.7. The van der Waals surface area contributed by atoms with Crippen molar-refractivity contribution in [1.82, 2.24) is 0 Å². The minimum Gasteiger partial charge on any atom is -0.466 e. The number of nitrogens with zero attached hydrogens (tertiary/aromatic N) is 1. The van der Waals surface area contributed by atoms with Crippen molar-refractivity contribution in [3.05, 3.63) is 40.5 Å². The summed E-state index contributed by atoms with van der Waals surface area (Å²) < 4.78 is 4.61. The van der Waals surface area contributed by atoms with Gasteiger partial charge in [-0.1, -0.05) is 12.1 Å². The van der Waals surface area contributed by atoms with Gasteiger partial charge in [0.1, 0.15) is 0 Å². The minimum atomic E-state index is -0.562. The van der Waals surface area contributed by atoms with Crippen LogP contribution in [0.3, 0.4) is 0 Å². The van der Waals surface area contributed by atoms with Crippen molar-refractivity contribution < 1.29 is 19.1 Å². The fourth-order valence-electron chi connectivity index (χ4n) is 2.48. The number of Topliss-reactive ketones (excluding diaryl/α,β-unsaturated/α-hetero) is 1. The van der Waals surface area contributed by atoms with Crippen LogP contribution in [0.5, 0.6) is 0 Å². The third kappa shape index (κ3) is 2.59. The third-order valence-electron chi connectivity index (χ3n) is 3.49. The Kier molecular flexibility index (Phi) is 3.93. The molecule has 0 unspecified atom stereocenters. The lowest BCUT2D eigenvalue weighted by Gasteiger charge is -2.17. The number of ether oxygens (including phenoxy) is 1. The molecule has 0 saturated carbocycles. The Labute approximate surface area is 123 Å². The van der Waals surface area contributed by atoms with E-state index < -0.39 is 17.7 Å². The molecule has 2 rings (SSSR count). The number of fused-ring (bicyclic) bond motifs is 1. The number of esters is 1. The first-order valence-electron chi connectivity index (χ1n) is 6.59. The predicted molar refractivity (Wildman–Crippen MR) is 78.4 cm³/mol. The molecule has 0 saturated heterocycles. The van der Waals surface area contributed by atoms with Crippen LogP contribution in [-0.2, 0) is 14.3 Å². The Balaban J connectivity index is 2.38. The van der Waals surface area contributed by atoms with Crippen LogP contribution < -0.4 is 4.90 Å². The summed E-state index contributed by atoms with van der Waals surface area (Å²) >= 11 is 0. The van der Waals surface area contributed by atoms with Gasteiger partial charge in [-0.3, -0.25) is 9.59 Å². The second-order valence-corrected chi connectivity index (χ2v) is 5.10. The summed E-state index contributed by atoms with van der Waals surface area (Å²) in [6, 6.07) is 3.65. The molecule has 0 bridgehead atoms. The largest absolute Gasteiger partial charge is 0.466 e. The highest BCUT2D eigenvalue weighted by Gasteiger charge is 2.36. The number of benzene rings is 1. The van der Waals surface area contributed by atoms with E-state index in [1.54, 1.807) is 19.1 Å². The third-order valence-corrected chi connectivity index (χ3v) is 3.49. The fraction of sp³-hybridized carbons (Fsp3) is 0.312. The van der Waals surface area contributed by atoms with Gasteiger partial charge in [-0.25, -0.2) is 4.79 Å². The van der Waals surface area contributed by atoms with Crippen LogP contribution in [0.2, 0.25) is 0 Å². The molecule has 1 amide bonds. The normalized spacial score (nSPS) is 14.5. The van der Waals surface area contributed by atoms with Gasteiger partial charge in [0.15, 0.2) is 0 Å². The summed E-state index contributed by atoms with van der Waals surface area (Å²) in [5, 5.41) is 0. The van der Waals surface area contributed by atoms with Gasteiger partial charge in [-0.2, -0.15) is 0 Å². The second kappa shape index (κ2) is 5.52. The summed E-state index contributed by atoms with van der Waals surface area (Å²) in [7, 11) is 1.30. The van der Waals surface area contributed by atoms with Crippen LogP contribution in [0.4, 0.5) is 5.69 Å². The molecule has 110 valence electrons. The molecular formula is C16H17NO4. The van der Waals surface area contributed by atoms with Crippen molar-refractivity contribution in [3.8, 4) is 0 Å². The highest BCUT2D eigenvalue weighted by Crippen LogP contribution is 2.33. The lowest BCUT2D eigenvalue weighted by Crippen LogP contribution is -2.30. The average molecular weight is 287 g/mol. The molecule has 0 aliphatic carbocycles. The zero-order valence-electron chi connectivity index (χ0n) is 12.5. The summed E-state index contributed by atoms with van der Waals surface area (Å²) in [5.41, 5.74) is 3.27. The molecule has 0 aromatic heterocycles. The van der Waals surface area contributed by atoms with Crippen LogP contribution >= 0.6 is 0 Å². The Morgan fingerprint density at radius 3 is 2.57 bits per heavy atom. The van der Waals surface area contributed by atoms with Gasteiger partial charge in [0.25, 0.3) is 11.7 Å². The Hall–Kier alpha value is -2.43. The Morgan fingerprint density at radius 1 is 1.29 bits per heavy atom. The molecule has 0 spiro atoms. The number of aryl methyl sites for hydroxylation is 2. The van der Waals surface area contributed by atoms with Crippen LogP contribution in [0, 0.1) is 13.8 Å². The number of carbonyl (C=O) groups excluding carboxylic acids is 3. The van der Waals surface area contributed by atoms with Gasteiger partial charge in [0, 0.05) is 12.1 Å². The summed E-state index contributed by atoms with van der Waals surface area (Å²) in [4.78, 5) is 36.9. The van der Waals surface area contributed by atoms with E-state index in [9.17, 15) is 14.4 Å². The molecule has 1 aliphatic rings.